The van der Waals surface area contributed by atoms with Crippen molar-refractivity contribution in [2.75, 3.05) is 20.2 Å². The Hall–Kier alpha value is -3.35. The molecule has 0 unspecified atom stereocenters. The van der Waals surface area contributed by atoms with E-state index in [-0.39, 0.29) is 12.5 Å². The van der Waals surface area contributed by atoms with Gasteiger partial charge in [0, 0.05) is 13.6 Å². The summed E-state index contributed by atoms with van der Waals surface area (Å²) in [5.41, 5.74) is 1.30. The van der Waals surface area contributed by atoms with Gasteiger partial charge in [0.25, 0.3) is 11.8 Å². The van der Waals surface area contributed by atoms with E-state index in [4.69, 9.17) is 9.47 Å². The number of benzene rings is 2. The fraction of sp³-hybridized carbons (Fsp3) is 0.318. The molecule has 0 aromatic heterocycles. The summed E-state index contributed by atoms with van der Waals surface area (Å²) in [7, 11) is 1.64. The van der Waals surface area contributed by atoms with Crippen LogP contribution in [0.2, 0.25) is 0 Å². The van der Waals surface area contributed by atoms with E-state index in [1.54, 1.807) is 31.3 Å². The van der Waals surface area contributed by atoms with Gasteiger partial charge in [0.2, 0.25) is 0 Å². The van der Waals surface area contributed by atoms with Gasteiger partial charge in [-0.25, -0.2) is 0 Å². The molecule has 0 spiro atoms. The molecule has 0 aliphatic carbocycles. The van der Waals surface area contributed by atoms with Gasteiger partial charge < -0.3 is 19.7 Å². The Morgan fingerprint density at radius 3 is 2.38 bits per heavy atom. The zero-order chi connectivity index (χ0) is 21.2. The number of hydrogen-bond acceptors (Lipinski definition) is 5. The lowest BCUT2D eigenvalue weighted by molar-refractivity contribution is -0.157. The Balaban J connectivity index is 1.83. The van der Waals surface area contributed by atoms with E-state index in [1.165, 1.54) is 11.8 Å². The van der Waals surface area contributed by atoms with E-state index in [0.717, 1.165) is 5.56 Å². The van der Waals surface area contributed by atoms with Gasteiger partial charge in [-0.15, -0.1) is 0 Å². The normalized spacial score (nSPS) is 11.3. The van der Waals surface area contributed by atoms with Gasteiger partial charge in [0.1, 0.15) is 12.3 Å². The molecule has 2 aromatic carbocycles. The number of hydrogen-bond donors (Lipinski definition) is 1. The van der Waals surface area contributed by atoms with Crippen molar-refractivity contribution in [1.82, 2.24) is 10.2 Å². The topological polar surface area (TPSA) is 84.9 Å². The predicted molar refractivity (Wildman–Crippen MR) is 108 cm³/mol. The molecule has 2 aromatic rings. The molecule has 7 heteroatoms. The highest BCUT2D eigenvalue weighted by molar-refractivity contribution is 5.98. The second-order valence-corrected chi connectivity index (χ2v) is 6.42. The highest BCUT2D eigenvalue weighted by Gasteiger charge is 2.22. The molecule has 1 N–H and O–H groups in total. The zero-order valence-corrected chi connectivity index (χ0v) is 16.9. The van der Waals surface area contributed by atoms with Gasteiger partial charge in [-0.2, -0.15) is 0 Å². The summed E-state index contributed by atoms with van der Waals surface area (Å²) in [5.74, 6) is -1.03. The third-order valence-electron chi connectivity index (χ3n) is 4.12. The van der Waals surface area contributed by atoms with Crippen LogP contribution in [0, 0.1) is 0 Å². The smallest absolute Gasteiger partial charge is 0.326 e. The van der Waals surface area contributed by atoms with E-state index < -0.39 is 18.0 Å². The third kappa shape index (κ3) is 6.64. The lowest BCUT2D eigenvalue weighted by Crippen LogP contribution is -2.39. The van der Waals surface area contributed by atoms with Gasteiger partial charge in [0.15, 0.2) is 6.10 Å². The highest BCUT2D eigenvalue weighted by Crippen LogP contribution is 2.17. The predicted octanol–water partition coefficient (Wildman–Crippen LogP) is 2.41. The van der Waals surface area contributed by atoms with Gasteiger partial charge in [-0.1, -0.05) is 42.5 Å². The molecule has 154 valence electrons. The number of para-hydroxylation sites is 1. The van der Waals surface area contributed by atoms with Crippen LogP contribution in [-0.2, 0) is 20.9 Å². The van der Waals surface area contributed by atoms with E-state index in [1.807, 2.05) is 37.3 Å². The molecule has 7 nitrogen and oxygen atoms in total. The van der Waals surface area contributed by atoms with Crippen LogP contribution in [0.3, 0.4) is 0 Å². The number of rotatable bonds is 9. The molecule has 0 radical (unpaired) electrons. The minimum Gasteiger partial charge on any atom is -0.493 e. The second-order valence-electron chi connectivity index (χ2n) is 6.42. The molecule has 2 amide bonds. The summed E-state index contributed by atoms with van der Waals surface area (Å²) < 4.78 is 10.6. The molecule has 29 heavy (non-hydrogen) atoms. The first kappa shape index (κ1) is 21.9. The summed E-state index contributed by atoms with van der Waals surface area (Å²) in [6, 6.07) is 16.3. The first-order valence-electron chi connectivity index (χ1n) is 9.40. The van der Waals surface area contributed by atoms with Crippen LogP contribution in [0.25, 0.3) is 0 Å². The Bertz CT molecular complexity index is 838. The van der Waals surface area contributed by atoms with Crippen molar-refractivity contribution >= 4 is 17.8 Å². The molecule has 0 bridgehead atoms. The average Bonchev–Trinajstić information content (AvgIpc) is 2.72. The van der Waals surface area contributed by atoms with E-state index >= 15 is 0 Å². The van der Waals surface area contributed by atoms with Crippen LogP contribution in [-0.4, -0.2) is 49.0 Å². The van der Waals surface area contributed by atoms with E-state index in [0.29, 0.717) is 24.5 Å². The maximum absolute atomic E-state index is 12.4. The molecule has 0 aliphatic rings. The van der Waals surface area contributed by atoms with Crippen LogP contribution in [0.15, 0.2) is 54.6 Å². The molecule has 0 heterocycles. The summed E-state index contributed by atoms with van der Waals surface area (Å²) in [5, 5.41) is 2.49. The number of nitrogens with one attached hydrogen (secondary N) is 1. The molecule has 2 rings (SSSR count). The van der Waals surface area contributed by atoms with Crippen molar-refractivity contribution in [2.45, 2.75) is 26.5 Å². The Morgan fingerprint density at radius 2 is 1.69 bits per heavy atom. The average molecular weight is 398 g/mol. The van der Waals surface area contributed by atoms with Crippen molar-refractivity contribution in [3.05, 3.63) is 65.7 Å². The maximum atomic E-state index is 12.4. The van der Waals surface area contributed by atoms with Crippen LogP contribution in [0.4, 0.5) is 0 Å². The fourth-order valence-corrected chi connectivity index (χ4v) is 2.72. The molecule has 0 aliphatic heterocycles. The fourth-order valence-electron chi connectivity index (χ4n) is 2.72. The van der Waals surface area contributed by atoms with Gasteiger partial charge in [0.05, 0.1) is 12.2 Å². The molecule has 0 saturated heterocycles. The zero-order valence-electron chi connectivity index (χ0n) is 16.9. The van der Waals surface area contributed by atoms with Gasteiger partial charge in [-0.05, 0) is 31.5 Å². The lowest BCUT2D eigenvalue weighted by Gasteiger charge is -2.21. The SMILES string of the molecule is CCOc1ccccc1C(=O)NCC(=O)O[C@@H](C)C(=O)N(C)Cc1ccccc1. The summed E-state index contributed by atoms with van der Waals surface area (Å²) >= 11 is 0. The Labute approximate surface area is 170 Å². The quantitative estimate of drug-likeness (QED) is 0.656. The van der Waals surface area contributed by atoms with E-state index in [9.17, 15) is 14.4 Å². The first-order valence-corrected chi connectivity index (χ1v) is 9.40. The van der Waals surface area contributed by atoms with Crippen molar-refractivity contribution in [2.24, 2.45) is 0 Å². The van der Waals surface area contributed by atoms with Crippen LogP contribution in [0.1, 0.15) is 29.8 Å². The summed E-state index contributed by atoms with van der Waals surface area (Å²) in [4.78, 5) is 38.2. The van der Waals surface area contributed by atoms with E-state index in [2.05, 4.69) is 5.32 Å². The number of amides is 2. The number of esters is 1. The monoisotopic (exact) mass is 398 g/mol. The first-order chi connectivity index (χ1) is 13.9. The minimum atomic E-state index is -0.955. The largest absolute Gasteiger partial charge is 0.493 e. The third-order valence-corrected chi connectivity index (χ3v) is 4.12. The van der Waals surface area contributed by atoms with Crippen molar-refractivity contribution < 1.29 is 23.9 Å². The highest BCUT2D eigenvalue weighted by atomic mass is 16.5. The van der Waals surface area contributed by atoms with Crippen LogP contribution >= 0.6 is 0 Å². The van der Waals surface area contributed by atoms with Crippen LogP contribution in [0.5, 0.6) is 5.75 Å². The van der Waals surface area contributed by atoms with Crippen molar-refractivity contribution in [3.8, 4) is 5.75 Å². The van der Waals surface area contributed by atoms with Gasteiger partial charge >= 0.3 is 5.97 Å². The second kappa shape index (κ2) is 10.8. The molecular formula is C22H26N2O5. The number of likely N-dealkylation sites (N-methyl/N-ethyl adjacent to an activating group) is 1. The van der Waals surface area contributed by atoms with Crippen molar-refractivity contribution in [3.63, 3.8) is 0 Å². The van der Waals surface area contributed by atoms with Crippen molar-refractivity contribution in [1.29, 1.82) is 0 Å². The lowest BCUT2D eigenvalue weighted by atomic mass is 10.2. The molecule has 1 atom stereocenters. The maximum Gasteiger partial charge on any atom is 0.326 e. The Morgan fingerprint density at radius 1 is 1.03 bits per heavy atom. The standard InChI is InChI=1S/C22H26N2O5/c1-4-28-19-13-9-8-12-18(19)21(26)23-14-20(25)29-16(2)22(27)24(3)15-17-10-6-5-7-11-17/h5-13,16H,4,14-15H2,1-3H3,(H,23,26)/t16-/m0/s1. The Kier molecular flexibility index (Phi) is 8.21. The number of ether oxygens (including phenoxy) is 2. The molecular weight excluding hydrogens is 372 g/mol. The minimum absolute atomic E-state index is 0.324. The number of carbonyl (C=O) groups excluding carboxylic acids is 3. The van der Waals surface area contributed by atoms with Gasteiger partial charge in [-0.3, -0.25) is 14.4 Å². The molecule has 0 saturated carbocycles. The number of carbonyl (C=O) groups is 3. The van der Waals surface area contributed by atoms with Crippen LogP contribution < -0.4 is 10.1 Å². The number of nitrogens with zero attached hydrogens (tertiary/aromatic N) is 1. The summed E-state index contributed by atoms with van der Waals surface area (Å²) in [6.45, 7) is 3.81. The molecule has 0 fully saturated rings. The summed E-state index contributed by atoms with van der Waals surface area (Å²) in [6.07, 6.45) is -0.955.